The minimum absolute atomic E-state index is 0.134. The first-order valence-electron chi connectivity index (χ1n) is 4.26. The van der Waals surface area contributed by atoms with Crippen LogP contribution in [0.5, 0.6) is 0 Å². The van der Waals surface area contributed by atoms with Crippen LogP contribution in [-0.4, -0.2) is 34.6 Å². The summed E-state index contributed by atoms with van der Waals surface area (Å²) in [7, 11) is -9.95. The Balaban J connectivity index is 3.30. The minimum atomic E-state index is -5.07. The van der Waals surface area contributed by atoms with E-state index in [1.165, 1.54) is 12.3 Å². The molecule has 0 aliphatic rings. The molecule has 17 heavy (non-hydrogen) atoms. The van der Waals surface area contributed by atoms with Crippen molar-refractivity contribution < 1.29 is 29.0 Å². The monoisotopic (exact) mass is 281 g/mol. The van der Waals surface area contributed by atoms with Crippen molar-refractivity contribution in [2.45, 2.75) is 6.92 Å². The molecule has 1 aromatic rings. The van der Waals surface area contributed by atoms with Gasteiger partial charge >= 0.3 is 20.7 Å². The van der Waals surface area contributed by atoms with Gasteiger partial charge in [-0.05, 0) is 24.6 Å². The Hall–Kier alpha value is -0.720. The Labute approximate surface area is 97.1 Å². The molecule has 1 heterocycles. The van der Waals surface area contributed by atoms with Gasteiger partial charge in [0.15, 0.2) is 5.82 Å². The lowest BCUT2D eigenvalue weighted by Gasteiger charge is -2.07. The first-order chi connectivity index (χ1) is 7.60. The Morgan fingerprint density at radius 1 is 1.41 bits per heavy atom. The van der Waals surface area contributed by atoms with Crippen molar-refractivity contribution in [1.29, 1.82) is 0 Å². The fourth-order valence-corrected chi connectivity index (χ4v) is 2.86. The fourth-order valence-electron chi connectivity index (χ4n) is 0.991. The van der Waals surface area contributed by atoms with Crippen LogP contribution in [0.4, 0.5) is 5.82 Å². The van der Waals surface area contributed by atoms with E-state index in [1.807, 2.05) is 0 Å². The van der Waals surface area contributed by atoms with Crippen molar-refractivity contribution in [3.05, 3.63) is 23.9 Å². The maximum Gasteiger partial charge on any atom is 0.469 e. The molecule has 0 aliphatic carbocycles. The summed E-state index contributed by atoms with van der Waals surface area (Å²) in [5.41, 5.74) is 0.710. The minimum Gasteiger partial charge on any atom is -0.317 e. The van der Waals surface area contributed by atoms with E-state index in [0.29, 0.717) is 5.56 Å². The molecule has 1 rings (SSSR count). The molecule has 0 atom stereocenters. The zero-order valence-corrected chi connectivity index (χ0v) is 10.5. The van der Waals surface area contributed by atoms with Crippen molar-refractivity contribution in [2.24, 2.45) is 4.99 Å². The summed E-state index contributed by atoms with van der Waals surface area (Å²) in [6, 6.07) is 2.99. The van der Waals surface area contributed by atoms with Gasteiger partial charge in [0.05, 0.1) is 0 Å². The lowest BCUT2D eigenvalue weighted by molar-refractivity contribution is 0.349. The third-order valence-electron chi connectivity index (χ3n) is 1.64. The van der Waals surface area contributed by atoms with E-state index < -0.39 is 20.7 Å². The Morgan fingerprint density at radius 2 is 2.00 bits per heavy atom. The lowest BCUT2D eigenvalue weighted by Crippen LogP contribution is -2.06. The van der Waals surface area contributed by atoms with Crippen LogP contribution in [0.2, 0.25) is 0 Å². The van der Waals surface area contributed by atoms with E-state index in [2.05, 4.69) is 9.98 Å². The van der Waals surface area contributed by atoms with Crippen LogP contribution in [-0.2, 0) is 4.57 Å². The number of aryl methyl sites for hydroxylation is 1. The molecule has 94 valence electrons. The van der Waals surface area contributed by atoms with Gasteiger partial charge in [-0.15, -0.1) is 0 Å². The molecule has 8 nitrogen and oxygen atoms in total. The predicted molar refractivity (Wildman–Crippen MR) is 61.7 cm³/mol. The summed E-state index contributed by atoms with van der Waals surface area (Å²) in [5.74, 6) is -0.134. The highest BCUT2D eigenvalue weighted by molar-refractivity contribution is 8.00. The molecule has 0 bridgehead atoms. The van der Waals surface area contributed by atoms with Gasteiger partial charge in [0.1, 0.15) is 0 Å². The van der Waals surface area contributed by atoms with E-state index in [0.717, 1.165) is 0 Å². The van der Waals surface area contributed by atoms with Crippen LogP contribution in [0.15, 0.2) is 23.3 Å². The van der Waals surface area contributed by atoms with Gasteiger partial charge in [0, 0.05) is 6.20 Å². The van der Waals surface area contributed by atoms with Crippen LogP contribution in [0.1, 0.15) is 5.56 Å². The zero-order chi connectivity index (χ0) is 13.3. The second-order valence-electron chi connectivity index (χ2n) is 3.22. The normalized spacial score (nSPS) is 13.9. The quantitative estimate of drug-likeness (QED) is 0.395. The average molecular weight is 281 g/mol. The molecule has 1 aromatic heterocycles. The van der Waals surface area contributed by atoms with Crippen LogP contribution >= 0.6 is 15.5 Å². The number of pyridine rings is 1. The number of rotatable bonds is 3. The van der Waals surface area contributed by atoms with Gasteiger partial charge in [0.2, 0.25) is 0 Å². The van der Waals surface area contributed by atoms with Crippen molar-refractivity contribution in [3.8, 4) is 0 Å². The van der Waals surface area contributed by atoms with Crippen LogP contribution in [0, 0.1) is 6.92 Å². The number of nitrogens with zero attached hydrogens (tertiary/aromatic N) is 2. The molecule has 0 fully saturated rings. The molecule has 0 saturated heterocycles. The summed E-state index contributed by atoms with van der Waals surface area (Å²) in [6.45, 7) is 1.69. The van der Waals surface area contributed by atoms with Gasteiger partial charge in [-0.3, -0.25) is 0 Å². The van der Waals surface area contributed by atoms with Gasteiger partial charge in [-0.2, -0.15) is 19.7 Å². The second-order valence-corrected chi connectivity index (χ2v) is 6.64. The molecule has 0 spiro atoms. The molecule has 5 N–H and O–H groups in total. The molecule has 0 amide bonds. The highest BCUT2D eigenvalue weighted by Gasteiger charge is 2.51. The van der Waals surface area contributed by atoms with E-state index in [-0.39, 0.29) is 5.82 Å². The summed E-state index contributed by atoms with van der Waals surface area (Å²) in [4.78, 5) is 51.4. The fraction of sp³-hybridized carbons (Fsp3) is 0.143. The maximum atomic E-state index is 11.0. The smallest absolute Gasteiger partial charge is 0.317 e. The van der Waals surface area contributed by atoms with E-state index >= 15 is 0 Å². The Morgan fingerprint density at radius 3 is 2.41 bits per heavy atom. The predicted octanol–water partition coefficient (Wildman–Crippen LogP) is 0.295. The molecule has 0 aliphatic heterocycles. The highest BCUT2D eigenvalue weighted by Crippen LogP contribution is 2.60. The SMILES string of the molecule is Cc1ccnc(N=C(P(=O)(O)O)[P+](O)(O)O)c1. The maximum absolute atomic E-state index is 11.0. The van der Waals surface area contributed by atoms with Gasteiger partial charge in [0.25, 0.3) is 0 Å². The van der Waals surface area contributed by atoms with Crippen molar-refractivity contribution in [2.75, 3.05) is 0 Å². The summed E-state index contributed by atoms with van der Waals surface area (Å²) in [6.07, 6.45) is 1.33. The zero-order valence-electron chi connectivity index (χ0n) is 8.67. The van der Waals surface area contributed by atoms with Crippen molar-refractivity contribution >= 4 is 26.6 Å². The first kappa shape index (κ1) is 14.3. The standard InChI is InChI=1S/C7H10N2O6P2/c1-5-2-3-8-6(4-5)9-7(16(10,11)12)17(13,14)15/h2-4,10-12H,1H3,(H-,13,14,15)/p+1. The van der Waals surface area contributed by atoms with Crippen LogP contribution in [0.25, 0.3) is 0 Å². The highest BCUT2D eigenvalue weighted by atomic mass is 31.3. The Bertz CT molecular complexity index is 491. The van der Waals surface area contributed by atoms with Gasteiger partial charge < -0.3 is 9.79 Å². The molecule has 0 unspecified atom stereocenters. The van der Waals surface area contributed by atoms with Gasteiger partial charge in [-0.1, -0.05) is 0 Å². The summed E-state index contributed by atoms with van der Waals surface area (Å²) in [5, 5.41) is -1.37. The van der Waals surface area contributed by atoms with Crippen molar-refractivity contribution in [1.82, 2.24) is 4.98 Å². The Kier molecular flexibility index (Phi) is 4.11. The third kappa shape index (κ3) is 4.22. The molecule has 0 radical (unpaired) electrons. The van der Waals surface area contributed by atoms with E-state index in [1.54, 1.807) is 13.0 Å². The summed E-state index contributed by atoms with van der Waals surface area (Å²) >= 11 is 0. The topological polar surface area (TPSA) is 143 Å². The largest absolute Gasteiger partial charge is 0.469 e. The summed E-state index contributed by atoms with van der Waals surface area (Å²) < 4.78 is 11.0. The molecular weight excluding hydrogens is 270 g/mol. The van der Waals surface area contributed by atoms with E-state index in [9.17, 15) is 4.57 Å². The third-order valence-corrected chi connectivity index (χ3v) is 4.49. The molecule has 0 aromatic carbocycles. The molecule has 0 saturated carbocycles. The van der Waals surface area contributed by atoms with E-state index in [4.69, 9.17) is 24.5 Å². The van der Waals surface area contributed by atoms with Crippen LogP contribution in [0.3, 0.4) is 0 Å². The number of aromatic nitrogens is 1. The molecular formula is C7H11N2O6P2+. The number of aliphatic imine (C=N–C) groups is 1. The second kappa shape index (κ2) is 4.88. The number of hydrogen-bond acceptors (Lipinski definition) is 6. The number of hydrogen-bond donors (Lipinski definition) is 5. The van der Waals surface area contributed by atoms with Crippen molar-refractivity contribution in [3.63, 3.8) is 0 Å². The average Bonchev–Trinajstić information content (AvgIpc) is 2.10. The van der Waals surface area contributed by atoms with Crippen LogP contribution < -0.4 is 0 Å². The van der Waals surface area contributed by atoms with Gasteiger partial charge in [-0.25, -0.2) is 9.55 Å². The lowest BCUT2D eigenvalue weighted by atomic mass is 10.3. The first-order valence-corrected chi connectivity index (χ1v) is 7.52. The molecule has 10 heteroatoms.